The molecule has 152 valence electrons. The van der Waals surface area contributed by atoms with Gasteiger partial charge in [0.1, 0.15) is 5.82 Å². The Hall–Kier alpha value is -2.64. The lowest BCUT2D eigenvalue weighted by Crippen LogP contribution is -2.15. The zero-order chi connectivity index (χ0) is 21.0. The van der Waals surface area contributed by atoms with Gasteiger partial charge in [-0.15, -0.1) is 0 Å². The van der Waals surface area contributed by atoms with E-state index in [1.807, 2.05) is 32.0 Å². The minimum atomic E-state index is -3.34. The Balaban J connectivity index is 2.02. The van der Waals surface area contributed by atoms with E-state index in [0.717, 1.165) is 11.1 Å². The molecule has 0 amide bonds. The highest BCUT2D eigenvalue weighted by Gasteiger charge is 2.18. The van der Waals surface area contributed by atoms with Gasteiger partial charge in [-0.25, -0.2) is 8.42 Å². The van der Waals surface area contributed by atoms with E-state index in [1.165, 1.54) is 6.26 Å². The molecule has 29 heavy (non-hydrogen) atoms. The van der Waals surface area contributed by atoms with Crippen LogP contribution in [-0.2, 0) is 9.84 Å². The second-order valence-corrected chi connectivity index (χ2v) is 9.33. The van der Waals surface area contributed by atoms with Crippen molar-refractivity contribution in [3.8, 4) is 5.88 Å². The van der Waals surface area contributed by atoms with E-state index >= 15 is 0 Å². The molecule has 8 heteroatoms. The Morgan fingerprint density at radius 3 is 2.41 bits per heavy atom. The summed E-state index contributed by atoms with van der Waals surface area (Å²) >= 11 is 6.04. The fraction of sp³-hybridized carbons (Fsp3) is 0.238. The molecule has 0 aliphatic heterocycles. The van der Waals surface area contributed by atoms with Crippen LogP contribution in [-0.4, -0.2) is 30.7 Å². The number of aromatic nitrogens is 2. The van der Waals surface area contributed by atoms with Gasteiger partial charge in [-0.1, -0.05) is 35.9 Å². The third-order valence-electron chi connectivity index (χ3n) is 4.08. The molecule has 1 aromatic heterocycles. The molecule has 0 bridgehead atoms. The number of hydrogen-bond acceptors (Lipinski definition) is 6. The average Bonchev–Trinajstić information content (AvgIpc) is 2.66. The molecule has 3 aromatic rings. The summed E-state index contributed by atoms with van der Waals surface area (Å²) in [5.74, 6) is 0.914. The van der Waals surface area contributed by atoms with Crippen LogP contribution in [0.4, 0.5) is 5.82 Å². The van der Waals surface area contributed by atoms with Crippen molar-refractivity contribution in [3.63, 3.8) is 0 Å². The van der Waals surface area contributed by atoms with Gasteiger partial charge in [0.15, 0.2) is 9.84 Å². The predicted octanol–water partition coefficient (Wildman–Crippen LogP) is 4.52. The molecule has 0 saturated carbocycles. The van der Waals surface area contributed by atoms with Gasteiger partial charge in [0.2, 0.25) is 5.88 Å². The number of halogens is 1. The quantitative estimate of drug-likeness (QED) is 0.592. The first-order valence-electron chi connectivity index (χ1n) is 9.03. The summed E-state index contributed by atoms with van der Waals surface area (Å²) in [7, 11) is -3.34. The summed E-state index contributed by atoms with van der Waals surface area (Å²) in [5.41, 5.74) is 1.67. The summed E-state index contributed by atoms with van der Waals surface area (Å²) < 4.78 is 29.7. The maximum atomic E-state index is 12.0. The zero-order valence-electron chi connectivity index (χ0n) is 16.3. The number of nitrogens with one attached hydrogen (secondary N) is 1. The second-order valence-electron chi connectivity index (χ2n) is 6.88. The van der Waals surface area contributed by atoms with Crippen LogP contribution < -0.4 is 10.1 Å². The Morgan fingerprint density at radius 2 is 1.76 bits per heavy atom. The van der Waals surface area contributed by atoms with Crippen LogP contribution in [0.25, 0.3) is 0 Å². The van der Waals surface area contributed by atoms with Gasteiger partial charge in [0.25, 0.3) is 0 Å². The van der Waals surface area contributed by atoms with Crippen LogP contribution in [0.2, 0.25) is 5.02 Å². The summed E-state index contributed by atoms with van der Waals surface area (Å²) in [6.07, 6.45) is 4.30. The lowest BCUT2D eigenvalue weighted by atomic mass is 9.99. The van der Waals surface area contributed by atoms with E-state index in [2.05, 4.69) is 15.3 Å². The Kier molecular flexibility index (Phi) is 6.39. The second kappa shape index (κ2) is 8.80. The molecule has 6 nitrogen and oxygen atoms in total. The van der Waals surface area contributed by atoms with Crippen molar-refractivity contribution in [1.82, 2.24) is 9.97 Å². The van der Waals surface area contributed by atoms with Crippen LogP contribution in [0.5, 0.6) is 5.88 Å². The maximum Gasteiger partial charge on any atom is 0.234 e. The molecule has 0 saturated heterocycles. The van der Waals surface area contributed by atoms with Gasteiger partial charge in [-0.05, 0) is 49.2 Å². The first-order chi connectivity index (χ1) is 13.7. The summed E-state index contributed by atoms with van der Waals surface area (Å²) in [6.45, 7) is 3.82. The van der Waals surface area contributed by atoms with E-state index in [4.69, 9.17) is 16.3 Å². The van der Waals surface area contributed by atoms with E-state index in [1.54, 1.807) is 42.7 Å². The molecule has 1 heterocycles. The SMILES string of the molecule is CC(C)Oc1cncc(NC(c2ccc(Cl)cc2)c2cccc(S(C)(=O)=O)c2)n1. The number of rotatable bonds is 7. The Labute approximate surface area is 175 Å². The number of ether oxygens (including phenoxy) is 1. The van der Waals surface area contributed by atoms with Crippen molar-refractivity contribution in [1.29, 1.82) is 0 Å². The number of hydrogen-bond donors (Lipinski definition) is 1. The minimum absolute atomic E-state index is 0.0296. The van der Waals surface area contributed by atoms with Crippen LogP contribution in [0, 0.1) is 0 Å². The Morgan fingerprint density at radius 1 is 1.03 bits per heavy atom. The molecule has 0 aliphatic rings. The van der Waals surface area contributed by atoms with E-state index in [-0.39, 0.29) is 17.0 Å². The van der Waals surface area contributed by atoms with Gasteiger partial charge in [-0.2, -0.15) is 4.98 Å². The molecule has 3 rings (SSSR count). The number of benzene rings is 2. The van der Waals surface area contributed by atoms with Crippen LogP contribution in [0.15, 0.2) is 65.8 Å². The number of anilines is 1. The van der Waals surface area contributed by atoms with Crippen molar-refractivity contribution in [3.05, 3.63) is 77.1 Å². The largest absolute Gasteiger partial charge is 0.474 e. The molecular formula is C21H22ClN3O3S. The monoisotopic (exact) mass is 431 g/mol. The number of nitrogens with zero attached hydrogens (tertiary/aromatic N) is 2. The van der Waals surface area contributed by atoms with Crippen molar-refractivity contribution >= 4 is 27.3 Å². The Bertz CT molecular complexity index is 1090. The van der Waals surface area contributed by atoms with Crippen LogP contribution in [0.3, 0.4) is 0 Å². The van der Waals surface area contributed by atoms with Crippen molar-refractivity contribution in [2.75, 3.05) is 11.6 Å². The van der Waals surface area contributed by atoms with Crippen molar-refractivity contribution in [2.45, 2.75) is 30.9 Å². The first-order valence-corrected chi connectivity index (χ1v) is 11.3. The fourth-order valence-electron chi connectivity index (χ4n) is 2.80. The van der Waals surface area contributed by atoms with Crippen LogP contribution >= 0.6 is 11.6 Å². The molecule has 1 atom stereocenters. The standard InChI is InChI=1S/C21H22ClN3O3S/c1-14(2)28-20-13-23-12-19(24-20)25-21(15-7-9-17(22)10-8-15)16-5-4-6-18(11-16)29(3,26)27/h4-14,21H,1-3H3,(H,24,25). The van der Waals surface area contributed by atoms with E-state index < -0.39 is 9.84 Å². The molecule has 1 N–H and O–H groups in total. The van der Waals surface area contributed by atoms with E-state index in [9.17, 15) is 8.42 Å². The highest BCUT2D eigenvalue weighted by atomic mass is 35.5. The van der Waals surface area contributed by atoms with Gasteiger partial charge >= 0.3 is 0 Å². The van der Waals surface area contributed by atoms with E-state index in [0.29, 0.717) is 16.7 Å². The summed E-state index contributed by atoms with van der Waals surface area (Å²) in [5, 5.41) is 3.95. The maximum absolute atomic E-state index is 12.0. The lowest BCUT2D eigenvalue weighted by molar-refractivity contribution is 0.232. The number of sulfone groups is 1. The molecule has 1 unspecified atom stereocenters. The van der Waals surface area contributed by atoms with Crippen molar-refractivity contribution < 1.29 is 13.2 Å². The topological polar surface area (TPSA) is 81.2 Å². The predicted molar refractivity (Wildman–Crippen MR) is 114 cm³/mol. The normalized spacial score (nSPS) is 12.6. The molecule has 0 radical (unpaired) electrons. The molecule has 2 aromatic carbocycles. The molecular weight excluding hydrogens is 410 g/mol. The molecule has 0 fully saturated rings. The van der Waals surface area contributed by atoms with Gasteiger partial charge in [0.05, 0.1) is 29.4 Å². The van der Waals surface area contributed by atoms with Gasteiger partial charge < -0.3 is 10.1 Å². The van der Waals surface area contributed by atoms with Crippen molar-refractivity contribution in [2.24, 2.45) is 0 Å². The fourth-order valence-corrected chi connectivity index (χ4v) is 3.60. The van der Waals surface area contributed by atoms with Gasteiger partial charge in [0, 0.05) is 11.3 Å². The van der Waals surface area contributed by atoms with Gasteiger partial charge in [-0.3, -0.25) is 4.98 Å². The summed E-state index contributed by atoms with van der Waals surface area (Å²) in [4.78, 5) is 8.88. The minimum Gasteiger partial charge on any atom is -0.474 e. The van der Waals surface area contributed by atoms with Crippen LogP contribution in [0.1, 0.15) is 31.0 Å². The smallest absolute Gasteiger partial charge is 0.234 e. The molecule has 0 spiro atoms. The highest BCUT2D eigenvalue weighted by molar-refractivity contribution is 7.90. The summed E-state index contributed by atoms with van der Waals surface area (Å²) in [6, 6.07) is 13.8. The highest BCUT2D eigenvalue weighted by Crippen LogP contribution is 2.29. The third kappa shape index (κ3) is 5.68. The zero-order valence-corrected chi connectivity index (χ0v) is 17.9. The lowest BCUT2D eigenvalue weighted by Gasteiger charge is -2.21. The average molecular weight is 432 g/mol. The molecule has 0 aliphatic carbocycles. The first kappa shape index (κ1) is 21.1. The third-order valence-corrected chi connectivity index (χ3v) is 5.45.